The summed E-state index contributed by atoms with van der Waals surface area (Å²) in [5.41, 5.74) is 0.329. The van der Waals surface area contributed by atoms with Gasteiger partial charge in [0.15, 0.2) is 0 Å². The van der Waals surface area contributed by atoms with Crippen molar-refractivity contribution in [3.05, 3.63) is 10.3 Å². The molecular weight excluding hydrogens is 319 g/mol. The van der Waals surface area contributed by atoms with Gasteiger partial charge in [0.2, 0.25) is 0 Å². The van der Waals surface area contributed by atoms with E-state index in [1.54, 1.807) is 0 Å². The van der Waals surface area contributed by atoms with Gasteiger partial charge in [-0.3, -0.25) is 0 Å². The summed E-state index contributed by atoms with van der Waals surface area (Å²) in [5.74, 6) is 0. The van der Waals surface area contributed by atoms with Gasteiger partial charge in [-0.25, -0.2) is 0 Å². The quantitative estimate of drug-likeness (QED) is 0.422. The third kappa shape index (κ3) is 3.47. The van der Waals surface area contributed by atoms with Crippen LogP contribution in [0.5, 0.6) is 0 Å². The van der Waals surface area contributed by atoms with Crippen molar-refractivity contribution in [1.82, 2.24) is 0 Å². The second kappa shape index (κ2) is 5.12. The number of thioether (sulfide) groups is 1. The molecule has 0 N–H and O–H groups in total. The highest BCUT2D eigenvalue weighted by Gasteiger charge is 2.24. The summed E-state index contributed by atoms with van der Waals surface area (Å²) in [6, 6.07) is 0. The van der Waals surface area contributed by atoms with Crippen LogP contribution in [0, 0.1) is 0 Å². The summed E-state index contributed by atoms with van der Waals surface area (Å²) in [6.45, 7) is 6.78. The van der Waals surface area contributed by atoms with E-state index in [2.05, 4.69) is 32.4 Å². The normalized spacial score (nSPS) is 11.0. The van der Waals surface area contributed by atoms with Crippen LogP contribution >= 0.6 is 34.4 Å². The van der Waals surface area contributed by atoms with E-state index in [0.717, 1.165) is 0 Å². The third-order valence-electron chi connectivity index (χ3n) is 1.36. The molecule has 1 aromatic heterocycles. The molecule has 70 valence electrons. The van der Waals surface area contributed by atoms with Gasteiger partial charge in [-0.1, -0.05) is 32.5 Å². The lowest BCUT2D eigenvalue weighted by atomic mass is 9.96. The lowest BCUT2D eigenvalue weighted by molar-refractivity contribution is -0.00000266. The van der Waals surface area contributed by atoms with Gasteiger partial charge >= 0.3 is 3.52 Å². The fourth-order valence-corrected chi connectivity index (χ4v) is 3.78. The topological polar surface area (TPSA) is 0 Å². The molecule has 0 aliphatic carbocycles. The van der Waals surface area contributed by atoms with Crippen LogP contribution in [0.15, 0.2) is 8.90 Å². The molecule has 0 spiro atoms. The summed E-state index contributed by atoms with van der Waals surface area (Å²) in [5, 5.41) is 2.27. The first-order chi connectivity index (χ1) is 5.04. The Hall–Kier alpha value is 1.13. The number of rotatable bonds is 1. The number of hydrogen-bond acceptors (Lipinski definition) is 2. The lowest BCUT2D eigenvalue weighted by Gasteiger charge is -2.09. The maximum atomic E-state index is 2.27. The molecule has 0 aliphatic rings. The summed E-state index contributed by atoms with van der Waals surface area (Å²) in [7, 11) is 0. The van der Waals surface area contributed by atoms with E-state index in [0.29, 0.717) is 5.41 Å². The van der Waals surface area contributed by atoms with Crippen LogP contribution in [0.2, 0.25) is 0 Å². The molecule has 0 unspecified atom stereocenters. The van der Waals surface area contributed by atoms with Crippen LogP contribution in [-0.2, 0) is 5.41 Å². The fourth-order valence-electron chi connectivity index (χ4n) is 0.659. The minimum atomic E-state index is 0. The van der Waals surface area contributed by atoms with Crippen molar-refractivity contribution < 1.29 is 24.0 Å². The molecule has 0 saturated carbocycles. The monoisotopic (exact) mass is 332 g/mol. The highest BCUT2D eigenvalue weighted by atomic mass is 127. The Balaban J connectivity index is 0.00000121. The largest absolute Gasteiger partial charge is 1.00 e. The average molecular weight is 332 g/mol. The second-order valence-corrected chi connectivity index (χ2v) is 6.93. The maximum Gasteiger partial charge on any atom is 0.312 e. The van der Waals surface area contributed by atoms with Gasteiger partial charge in [0.25, 0.3) is 0 Å². The van der Waals surface area contributed by atoms with E-state index >= 15 is 0 Å². The SMILES string of the molecule is CSc1sc(C(C)(C)C)c[s+]1.[I-]. The Morgan fingerprint density at radius 1 is 1.42 bits per heavy atom. The summed E-state index contributed by atoms with van der Waals surface area (Å²) in [4.78, 5) is 1.49. The van der Waals surface area contributed by atoms with Crippen molar-refractivity contribution >= 4 is 34.4 Å². The van der Waals surface area contributed by atoms with Crippen LogP contribution < -0.4 is 24.0 Å². The maximum absolute atomic E-state index is 2.27. The Bertz CT molecular complexity index is 237. The molecule has 1 rings (SSSR count). The molecule has 0 saturated heterocycles. The molecule has 4 heteroatoms. The molecule has 0 bridgehead atoms. The Morgan fingerprint density at radius 3 is 2.25 bits per heavy atom. The Labute approximate surface area is 104 Å². The predicted molar refractivity (Wildman–Crippen MR) is 57.1 cm³/mol. The van der Waals surface area contributed by atoms with Gasteiger partial charge in [0.05, 0.1) is 22.7 Å². The van der Waals surface area contributed by atoms with Crippen molar-refractivity contribution in [2.45, 2.75) is 29.7 Å². The molecule has 0 aliphatic heterocycles. The Kier molecular flexibility index (Phi) is 5.60. The molecule has 12 heavy (non-hydrogen) atoms. The van der Waals surface area contributed by atoms with Gasteiger partial charge < -0.3 is 24.0 Å². The van der Waals surface area contributed by atoms with Crippen LogP contribution in [0.25, 0.3) is 0 Å². The number of hydrogen-bond donors (Lipinski definition) is 0. The van der Waals surface area contributed by atoms with E-state index < -0.39 is 0 Å². The van der Waals surface area contributed by atoms with Gasteiger partial charge in [-0.15, -0.1) is 0 Å². The highest BCUT2D eigenvalue weighted by Crippen LogP contribution is 2.36. The molecular formula is C8H13IS3. The van der Waals surface area contributed by atoms with E-state index in [1.807, 2.05) is 34.4 Å². The van der Waals surface area contributed by atoms with Crippen molar-refractivity contribution in [1.29, 1.82) is 0 Å². The molecule has 1 aromatic rings. The molecule has 0 radical (unpaired) electrons. The van der Waals surface area contributed by atoms with E-state index in [1.165, 1.54) is 8.40 Å². The molecule has 0 fully saturated rings. The van der Waals surface area contributed by atoms with Gasteiger partial charge in [-0.05, 0) is 6.26 Å². The van der Waals surface area contributed by atoms with Crippen molar-refractivity contribution in [3.8, 4) is 0 Å². The molecule has 0 aromatic carbocycles. The van der Waals surface area contributed by atoms with E-state index in [9.17, 15) is 0 Å². The first kappa shape index (κ1) is 13.1. The van der Waals surface area contributed by atoms with Crippen LogP contribution in [0.3, 0.4) is 0 Å². The predicted octanol–water partition coefficient (Wildman–Crippen LogP) is 1.11. The standard InChI is InChI=1S/C8H13S3.HI/c1-8(2,3)6-5-10-7(9-4)11-6;/h5H,1-4H3;1H/q+1;/p-1. The highest BCUT2D eigenvalue weighted by molar-refractivity contribution is 8.02. The van der Waals surface area contributed by atoms with Crippen LogP contribution in [0.4, 0.5) is 0 Å². The van der Waals surface area contributed by atoms with E-state index in [-0.39, 0.29) is 24.0 Å². The fraction of sp³-hybridized carbons (Fsp3) is 0.625. The van der Waals surface area contributed by atoms with Gasteiger partial charge in [0.1, 0.15) is 10.3 Å². The molecule has 0 amide bonds. The van der Waals surface area contributed by atoms with Crippen LogP contribution in [0.1, 0.15) is 25.6 Å². The van der Waals surface area contributed by atoms with Gasteiger partial charge in [-0.2, -0.15) is 0 Å². The zero-order valence-corrected chi connectivity index (χ0v) is 12.3. The molecule has 1 heterocycles. The first-order valence-electron chi connectivity index (χ1n) is 3.50. The van der Waals surface area contributed by atoms with Crippen molar-refractivity contribution in [2.24, 2.45) is 0 Å². The lowest BCUT2D eigenvalue weighted by Crippen LogP contribution is -3.00. The summed E-state index contributed by atoms with van der Waals surface area (Å²) >= 11 is 5.62. The second-order valence-electron chi connectivity index (χ2n) is 3.41. The average Bonchev–Trinajstić information content (AvgIpc) is 2.32. The Morgan fingerprint density at radius 2 is 2.00 bits per heavy atom. The smallest absolute Gasteiger partial charge is 0.312 e. The van der Waals surface area contributed by atoms with Gasteiger partial charge in [0, 0.05) is 5.41 Å². The summed E-state index contributed by atoms with van der Waals surface area (Å²) < 4.78 is 1.45. The minimum absolute atomic E-state index is 0. The van der Waals surface area contributed by atoms with Crippen molar-refractivity contribution in [2.75, 3.05) is 6.26 Å². The van der Waals surface area contributed by atoms with E-state index in [4.69, 9.17) is 0 Å². The third-order valence-corrected chi connectivity index (χ3v) is 5.58. The molecule has 0 nitrogen and oxygen atoms in total. The number of halogens is 1. The zero-order valence-electron chi connectivity index (χ0n) is 7.68. The zero-order chi connectivity index (χ0) is 8.48. The van der Waals surface area contributed by atoms with Crippen LogP contribution in [-0.4, -0.2) is 6.26 Å². The first-order valence-corrected chi connectivity index (χ1v) is 6.42. The minimum Gasteiger partial charge on any atom is -1.00 e. The molecule has 0 atom stereocenters. The summed E-state index contributed by atoms with van der Waals surface area (Å²) in [6.07, 6.45) is 2.13. The van der Waals surface area contributed by atoms with Crippen molar-refractivity contribution in [3.63, 3.8) is 0 Å².